The fraction of sp³-hybridized carbons (Fsp3) is 1.00. The van der Waals surface area contributed by atoms with Crippen LogP contribution in [0.2, 0.25) is 0 Å². The molecule has 0 amide bonds. The molecule has 3 heteroatoms. The van der Waals surface area contributed by atoms with Gasteiger partial charge in [-0.25, -0.2) is 8.78 Å². The van der Waals surface area contributed by atoms with Gasteiger partial charge in [-0.3, -0.25) is 0 Å². The van der Waals surface area contributed by atoms with Crippen molar-refractivity contribution in [1.29, 1.82) is 0 Å². The first-order chi connectivity index (χ1) is 5.20. The lowest BCUT2D eigenvalue weighted by atomic mass is 9.81. The number of hydrogen-bond acceptors (Lipinski definition) is 1. The van der Waals surface area contributed by atoms with Crippen LogP contribution in [0.3, 0.4) is 0 Å². The van der Waals surface area contributed by atoms with Gasteiger partial charge in [-0.2, -0.15) is 0 Å². The Kier molecular flexibility index (Phi) is 3.24. The van der Waals surface area contributed by atoms with Crippen LogP contribution in [0, 0.1) is 5.92 Å². The van der Waals surface area contributed by atoms with Gasteiger partial charge in [-0.1, -0.05) is 19.3 Å². The summed E-state index contributed by atoms with van der Waals surface area (Å²) in [5.74, 6) is 0.614. The van der Waals surface area contributed by atoms with E-state index < -0.39 is 12.5 Å². The van der Waals surface area contributed by atoms with Crippen LogP contribution in [-0.2, 0) is 0 Å². The first-order valence-electron chi connectivity index (χ1n) is 4.16. The molecule has 11 heavy (non-hydrogen) atoms. The average Bonchev–Trinajstić information content (AvgIpc) is 1.83. The predicted octanol–water partition coefficient (Wildman–Crippen LogP) is 2.19. The molecule has 0 bridgehead atoms. The number of hydrogen-bond donors (Lipinski definition) is 1. The second kappa shape index (κ2) is 4.00. The number of halogens is 2. The normalized spacial score (nSPS) is 21.8. The highest BCUT2D eigenvalue weighted by Crippen LogP contribution is 2.31. The molecule has 66 valence electrons. The molecule has 1 fully saturated rings. The fourth-order valence-electron chi connectivity index (χ4n) is 1.31. The zero-order valence-electron chi connectivity index (χ0n) is 6.47. The highest BCUT2D eigenvalue weighted by Gasteiger charge is 2.22. The van der Waals surface area contributed by atoms with Crippen molar-refractivity contribution in [2.75, 3.05) is 0 Å². The minimum absolute atomic E-state index is 0.266. The van der Waals surface area contributed by atoms with E-state index >= 15 is 0 Å². The fourth-order valence-corrected chi connectivity index (χ4v) is 1.31. The van der Waals surface area contributed by atoms with Crippen LogP contribution >= 0.6 is 0 Å². The van der Waals surface area contributed by atoms with Crippen LogP contribution in [0.15, 0.2) is 0 Å². The Hall–Kier alpha value is -0.180. The molecule has 0 aliphatic heterocycles. The molecule has 1 aliphatic carbocycles. The maximum atomic E-state index is 11.8. The molecule has 1 saturated carbocycles. The van der Waals surface area contributed by atoms with Crippen molar-refractivity contribution < 1.29 is 13.9 Å². The van der Waals surface area contributed by atoms with E-state index in [0.717, 1.165) is 19.3 Å². The summed E-state index contributed by atoms with van der Waals surface area (Å²) < 4.78 is 23.5. The molecule has 1 nitrogen and oxygen atoms in total. The average molecular weight is 164 g/mol. The summed E-state index contributed by atoms with van der Waals surface area (Å²) in [6, 6.07) is 0. The lowest BCUT2D eigenvalue weighted by molar-refractivity contribution is -0.0137. The summed E-state index contributed by atoms with van der Waals surface area (Å²) in [5, 5.41) is 8.74. The molecule has 0 aromatic rings. The van der Waals surface area contributed by atoms with E-state index in [0.29, 0.717) is 5.92 Å². The van der Waals surface area contributed by atoms with Crippen molar-refractivity contribution >= 4 is 0 Å². The lowest BCUT2D eigenvalue weighted by Crippen LogP contribution is -2.20. The summed E-state index contributed by atoms with van der Waals surface area (Å²) in [7, 11) is 0. The van der Waals surface area contributed by atoms with E-state index in [1.165, 1.54) is 6.42 Å². The Bertz CT molecular complexity index is 113. The lowest BCUT2D eigenvalue weighted by Gasteiger charge is -2.25. The van der Waals surface area contributed by atoms with Crippen LogP contribution in [0.1, 0.15) is 32.1 Å². The highest BCUT2D eigenvalue weighted by atomic mass is 19.3. The summed E-state index contributed by atoms with van der Waals surface area (Å²) in [5.41, 5.74) is 0. The molecular weight excluding hydrogens is 150 g/mol. The van der Waals surface area contributed by atoms with Gasteiger partial charge in [-0.15, -0.1) is 0 Å². The van der Waals surface area contributed by atoms with E-state index in [4.69, 9.17) is 5.11 Å². The third kappa shape index (κ3) is 2.73. The van der Waals surface area contributed by atoms with Gasteiger partial charge in [0, 0.05) is 0 Å². The largest absolute Gasteiger partial charge is 0.387 e. The van der Waals surface area contributed by atoms with E-state index in [1.54, 1.807) is 0 Å². The predicted molar refractivity (Wildman–Crippen MR) is 38.6 cm³/mol. The van der Waals surface area contributed by atoms with Gasteiger partial charge in [0.2, 0.25) is 0 Å². The second-order valence-corrected chi connectivity index (χ2v) is 3.28. The minimum atomic E-state index is -2.56. The molecule has 0 aromatic carbocycles. The maximum Gasteiger partial charge on any atom is 0.264 e. The molecule has 0 spiro atoms. The summed E-state index contributed by atoms with van der Waals surface area (Å²) in [6.45, 7) is 0. The van der Waals surface area contributed by atoms with Gasteiger partial charge in [0.1, 0.15) is 6.10 Å². The molecular formula is C8H14F2O. The third-order valence-electron chi connectivity index (χ3n) is 2.39. The second-order valence-electron chi connectivity index (χ2n) is 3.28. The zero-order chi connectivity index (χ0) is 8.27. The van der Waals surface area contributed by atoms with Crippen molar-refractivity contribution in [3.8, 4) is 0 Å². The van der Waals surface area contributed by atoms with E-state index in [-0.39, 0.29) is 6.42 Å². The number of aliphatic hydroxyl groups is 1. The number of aliphatic hydroxyl groups excluding tert-OH is 1. The van der Waals surface area contributed by atoms with Crippen LogP contribution in [-0.4, -0.2) is 17.6 Å². The Morgan fingerprint density at radius 3 is 2.36 bits per heavy atom. The van der Waals surface area contributed by atoms with E-state index in [2.05, 4.69) is 0 Å². The van der Waals surface area contributed by atoms with Gasteiger partial charge < -0.3 is 5.11 Å². The molecule has 0 heterocycles. The molecule has 1 rings (SSSR count). The summed E-state index contributed by atoms with van der Waals surface area (Å²) >= 11 is 0. The molecule has 0 saturated heterocycles. The van der Waals surface area contributed by atoms with Crippen molar-refractivity contribution in [3.05, 3.63) is 0 Å². The van der Waals surface area contributed by atoms with E-state index in [1.807, 2.05) is 0 Å². The van der Waals surface area contributed by atoms with Crippen LogP contribution in [0.5, 0.6) is 0 Å². The molecule has 0 aromatic heterocycles. The Morgan fingerprint density at radius 1 is 1.36 bits per heavy atom. The number of alkyl halides is 2. The van der Waals surface area contributed by atoms with Gasteiger partial charge in [0.25, 0.3) is 6.43 Å². The van der Waals surface area contributed by atoms with E-state index in [9.17, 15) is 8.78 Å². The number of rotatable bonds is 4. The zero-order valence-corrected chi connectivity index (χ0v) is 6.47. The van der Waals surface area contributed by atoms with Crippen LogP contribution < -0.4 is 0 Å². The van der Waals surface area contributed by atoms with Crippen molar-refractivity contribution in [2.24, 2.45) is 5.92 Å². The van der Waals surface area contributed by atoms with Gasteiger partial charge >= 0.3 is 0 Å². The summed E-state index contributed by atoms with van der Waals surface area (Å²) in [4.78, 5) is 0. The standard InChI is InChI=1S/C8H14F2O/c9-8(10)7(11)5-4-6-2-1-3-6/h6-8,11H,1-5H2. The maximum absolute atomic E-state index is 11.8. The highest BCUT2D eigenvalue weighted by molar-refractivity contribution is 4.71. The SMILES string of the molecule is OC(CCC1CCC1)C(F)F. The summed E-state index contributed by atoms with van der Waals surface area (Å²) in [6.07, 6.45) is 0.639. The van der Waals surface area contributed by atoms with Gasteiger partial charge in [0.15, 0.2) is 0 Å². The van der Waals surface area contributed by atoms with Crippen LogP contribution in [0.25, 0.3) is 0 Å². The van der Waals surface area contributed by atoms with Crippen LogP contribution in [0.4, 0.5) is 8.78 Å². The molecule has 1 atom stereocenters. The third-order valence-corrected chi connectivity index (χ3v) is 2.39. The minimum Gasteiger partial charge on any atom is -0.387 e. The van der Waals surface area contributed by atoms with Crippen molar-refractivity contribution in [1.82, 2.24) is 0 Å². The Morgan fingerprint density at radius 2 is 2.00 bits per heavy atom. The molecule has 1 unspecified atom stereocenters. The first kappa shape index (κ1) is 8.91. The van der Waals surface area contributed by atoms with Crippen molar-refractivity contribution in [2.45, 2.75) is 44.6 Å². The Balaban J connectivity index is 2.01. The topological polar surface area (TPSA) is 20.2 Å². The first-order valence-corrected chi connectivity index (χ1v) is 4.16. The van der Waals surface area contributed by atoms with Gasteiger partial charge in [0.05, 0.1) is 0 Å². The van der Waals surface area contributed by atoms with Gasteiger partial charge in [-0.05, 0) is 18.8 Å². The molecule has 1 N–H and O–H groups in total. The molecule has 0 radical (unpaired) electrons. The monoisotopic (exact) mass is 164 g/mol. The quantitative estimate of drug-likeness (QED) is 0.675. The molecule has 1 aliphatic rings. The Labute approximate surface area is 65.4 Å². The smallest absolute Gasteiger partial charge is 0.264 e. The van der Waals surface area contributed by atoms with Crippen molar-refractivity contribution in [3.63, 3.8) is 0 Å².